The number of amides is 1. The van der Waals surface area contributed by atoms with Crippen LogP contribution in [0.1, 0.15) is 23.1 Å². The van der Waals surface area contributed by atoms with Crippen LogP contribution in [-0.4, -0.2) is 30.4 Å². The topological polar surface area (TPSA) is 121 Å². The zero-order chi connectivity index (χ0) is 27.0. The number of aryl methyl sites for hydroxylation is 2. The average molecular weight is 537 g/mol. The number of aromatic nitrogens is 2. The molecule has 196 valence electrons. The SMILES string of the molecule is Cc1cc(F)ccc1CS(=O)(=O)Nc1ccc2c(c1)CCN2C(=O)CCn1c(=O)[nH]c(=O)c2ccccc21. The Morgan fingerprint density at radius 1 is 1.08 bits per heavy atom. The third-order valence-electron chi connectivity index (χ3n) is 6.65. The first-order valence-electron chi connectivity index (χ1n) is 12.0. The molecule has 3 aromatic carbocycles. The summed E-state index contributed by atoms with van der Waals surface area (Å²) in [6, 6.07) is 15.7. The summed E-state index contributed by atoms with van der Waals surface area (Å²) in [6.07, 6.45) is 0.593. The highest BCUT2D eigenvalue weighted by Gasteiger charge is 2.25. The summed E-state index contributed by atoms with van der Waals surface area (Å²) in [5, 5.41) is 0.371. The highest BCUT2D eigenvalue weighted by Crippen LogP contribution is 2.31. The van der Waals surface area contributed by atoms with Crippen LogP contribution in [0.4, 0.5) is 15.8 Å². The van der Waals surface area contributed by atoms with Gasteiger partial charge in [-0.25, -0.2) is 17.6 Å². The van der Waals surface area contributed by atoms with Crippen molar-refractivity contribution in [1.29, 1.82) is 0 Å². The van der Waals surface area contributed by atoms with Crippen LogP contribution in [0.3, 0.4) is 0 Å². The van der Waals surface area contributed by atoms with Crippen LogP contribution in [0, 0.1) is 12.7 Å². The third-order valence-corrected chi connectivity index (χ3v) is 7.89. The summed E-state index contributed by atoms with van der Waals surface area (Å²) >= 11 is 0. The Bertz CT molecular complexity index is 1800. The second-order valence-corrected chi connectivity index (χ2v) is 11.0. The van der Waals surface area contributed by atoms with E-state index in [1.165, 1.54) is 22.8 Å². The van der Waals surface area contributed by atoms with Gasteiger partial charge < -0.3 is 4.90 Å². The fourth-order valence-electron chi connectivity index (χ4n) is 4.77. The number of sulfonamides is 1. The molecule has 0 spiro atoms. The van der Waals surface area contributed by atoms with Gasteiger partial charge in [0.25, 0.3) is 5.56 Å². The van der Waals surface area contributed by atoms with Crippen LogP contribution in [0.25, 0.3) is 10.9 Å². The van der Waals surface area contributed by atoms with Crippen molar-refractivity contribution in [3.05, 3.63) is 104 Å². The molecule has 1 aliphatic heterocycles. The molecule has 1 amide bonds. The van der Waals surface area contributed by atoms with Crippen LogP contribution in [0.15, 0.2) is 70.3 Å². The number of hydrogen-bond acceptors (Lipinski definition) is 5. The first-order chi connectivity index (χ1) is 18.1. The van der Waals surface area contributed by atoms with Gasteiger partial charge >= 0.3 is 5.69 Å². The first kappa shape index (κ1) is 25.4. The van der Waals surface area contributed by atoms with Crippen LogP contribution < -0.4 is 20.9 Å². The fraction of sp³-hybridized carbons (Fsp3) is 0.222. The van der Waals surface area contributed by atoms with Gasteiger partial charge in [0.2, 0.25) is 15.9 Å². The lowest BCUT2D eigenvalue weighted by molar-refractivity contribution is -0.118. The minimum atomic E-state index is -3.75. The normalized spacial score (nSPS) is 13.1. The summed E-state index contributed by atoms with van der Waals surface area (Å²) in [5.74, 6) is -0.904. The molecule has 5 rings (SSSR count). The maximum absolute atomic E-state index is 13.4. The van der Waals surface area contributed by atoms with Gasteiger partial charge in [-0.3, -0.25) is 23.9 Å². The van der Waals surface area contributed by atoms with Gasteiger partial charge in [-0.2, -0.15) is 0 Å². The van der Waals surface area contributed by atoms with E-state index in [0.29, 0.717) is 46.4 Å². The highest BCUT2D eigenvalue weighted by molar-refractivity contribution is 7.91. The molecule has 0 saturated heterocycles. The zero-order valence-corrected chi connectivity index (χ0v) is 21.3. The lowest BCUT2D eigenvalue weighted by Gasteiger charge is -2.18. The molecule has 1 aromatic heterocycles. The van der Waals surface area contributed by atoms with Gasteiger partial charge in [-0.05, 0) is 72.5 Å². The average Bonchev–Trinajstić information content (AvgIpc) is 3.28. The third kappa shape index (κ3) is 5.10. The van der Waals surface area contributed by atoms with Gasteiger partial charge in [0.05, 0.1) is 16.7 Å². The first-order valence-corrected chi connectivity index (χ1v) is 13.7. The zero-order valence-electron chi connectivity index (χ0n) is 20.5. The van der Waals surface area contributed by atoms with Crippen LogP contribution >= 0.6 is 0 Å². The van der Waals surface area contributed by atoms with Gasteiger partial charge in [-0.15, -0.1) is 0 Å². The number of anilines is 2. The Morgan fingerprint density at radius 3 is 2.66 bits per heavy atom. The predicted octanol–water partition coefficient (Wildman–Crippen LogP) is 3.06. The summed E-state index contributed by atoms with van der Waals surface area (Å²) in [6.45, 7) is 2.19. The quantitative estimate of drug-likeness (QED) is 0.376. The number of nitrogens with one attached hydrogen (secondary N) is 2. The van der Waals surface area contributed by atoms with Gasteiger partial charge in [0, 0.05) is 30.9 Å². The largest absolute Gasteiger partial charge is 0.328 e. The molecule has 0 radical (unpaired) electrons. The van der Waals surface area contributed by atoms with Gasteiger partial charge in [0.1, 0.15) is 5.82 Å². The molecular weight excluding hydrogens is 511 g/mol. The molecule has 11 heteroatoms. The van der Waals surface area contributed by atoms with E-state index in [1.54, 1.807) is 54.3 Å². The number of fused-ring (bicyclic) bond motifs is 2. The number of nitrogens with zero attached hydrogens (tertiary/aromatic N) is 2. The summed E-state index contributed by atoms with van der Waals surface area (Å²) in [4.78, 5) is 41.4. The number of para-hydroxylation sites is 1. The molecule has 4 aromatic rings. The molecule has 0 bridgehead atoms. The Hall–Kier alpha value is -4.25. The monoisotopic (exact) mass is 536 g/mol. The van der Waals surface area contributed by atoms with E-state index in [9.17, 15) is 27.2 Å². The molecule has 2 N–H and O–H groups in total. The van der Waals surface area contributed by atoms with Gasteiger partial charge in [-0.1, -0.05) is 18.2 Å². The van der Waals surface area contributed by atoms with Crippen LogP contribution in [-0.2, 0) is 33.5 Å². The van der Waals surface area contributed by atoms with E-state index < -0.39 is 27.1 Å². The summed E-state index contributed by atoms with van der Waals surface area (Å²) in [7, 11) is -3.75. The molecule has 0 aliphatic carbocycles. The number of carbonyl (C=O) groups excluding carboxylic acids is 1. The number of halogens is 1. The molecule has 0 saturated carbocycles. The summed E-state index contributed by atoms with van der Waals surface area (Å²) in [5.41, 5.74) is 2.36. The Balaban J connectivity index is 1.29. The van der Waals surface area contributed by atoms with Crippen molar-refractivity contribution < 1.29 is 17.6 Å². The van der Waals surface area contributed by atoms with E-state index in [4.69, 9.17) is 0 Å². The Kier molecular flexibility index (Phi) is 6.62. The van der Waals surface area contributed by atoms with Crippen molar-refractivity contribution in [2.45, 2.75) is 32.1 Å². The number of benzene rings is 3. The summed E-state index contributed by atoms with van der Waals surface area (Å²) < 4.78 is 42.7. The standard InChI is InChI=1S/C27H25FN4O5S/c1-17-14-20(28)7-6-19(17)16-38(36,37)30-21-8-9-23-18(15-21)10-12-31(23)25(33)11-13-32-24-5-3-2-4-22(24)26(34)29-27(32)35/h2-9,14-15,30H,10-13,16H2,1H3,(H,29,34,35). The molecule has 0 fully saturated rings. The van der Waals surface area contributed by atoms with E-state index in [0.717, 1.165) is 5.56 Å². The molecule has 38 heavy (non-hydrogen) atoms. The molecule has 0 unspecified atom stereocenters. The smallest absolute Gasteiger partial charge is 0.312 e. The van der Waals surface area contributed by atoms with E-state index in [-0.39, 0.29) is 24.6 Å². The number of carbonyl (C=O) groups is 1. The van der Waals surface area contributed by atoms with Crippen LogP contribution in [0.5, 0.6) is 0 Å². The number of H-pyrrole nitrogens is 1. The minimum absolute atomic E-state index is 0.0424. The maximum Gasteiger partial charge on any atom is 0.328 e. The maximum atomic E-state index is 13.4. The Morgan fingerprint density at radius 2 is 1.87 bits per heavy atom. The fourth-order valence-corrected chi connectivity index (χ4v) is 6.06. The minimum Gasteiger partial charge on any atom is -0.312 e. The molecular formula is C27H25FN4O5S. The van der Waals surface area contributed by atoms with E-state index >= 15 is 0 Å². The van der Waals surface area contributed by atoms with Crippen molar-refractivity contribution in [3.63, 3.8) is 0 Å². The predicted molar refractivity (Wildman–Crippen MR) is 143 cm³/mol. The van der Waals surface area contributed by atoms with Crippen molar-refractivity contribution in [3.8, 4) is 0 Å². The van der Waals surface area contributed by atoms with Crippen molar-refractivity contribution in [1.82, 2.24) is 9.55 Å². The van der Waals surface area contributed by atoms with E-state index in [2.05, 4.69) is 9.71 Å². The van der Waals surface area contributed by atoms with Crippen molar-refractivity contribution >= 4 is 38.2 Å². The van der Waals surface area contributed by atoms with Crippen LogP contribution in [0.2, 0.25) is 0 Å². The Labute approximate surface area is 217 Å². The van der Waals surface area contributed by atoms with Crippen molar-refractivity contribution in [2.75, 3.05) is 16.2 Å². The number of rotatable bonds is 7. The second-order valence-electron chi connectivity index (χ2n) is 9.25. The molecule has 0 atom stereocenters. The van der Waals surface area contributed by atoms with E-state index in [1.807, 2.05) is 0 Å². The number of hydrogen-bond donors (Lipinski definition) is 2. The number of aromatic amines is 1. The lowest BCUT2D eigenvalue weighted by atomic mass is 10.1. The lowest BCUT2D eigenvalue weighted by Crippen LogP contribution is -2.34. The molecule has 2 heterocycles. The second kappa shape index (κ2) is 9.90. The highest BCUT2D eigenvalue weighted by atomic mass is 32.2. The molecule has 1 aliphatic rings. The van der Waals surface area contributed by atoms with Gasteiger partial charge in [0.15, 0.2) is 0 Å². The van der Waals surface area contributed by atoms with Crippen molar-refractivity contribution in [2.24, 2.45) is 0 Å². The molecule has 9 nitrogen and oxygen atoms in total.